The van der Waals surface area contributed by atoms with E-state index in [1.165, 1.54) is 56.9 Å². The summed E-state index contributed by atoms with van der Waals surface area (Å²) in [7, 11) is 11.4. The first-order valence-corrected chi connectivity index (χ1v) is 21.6. The molecule has 25 nitrogen and oxygen atoms in total. The number of nitrogens with one attached hydrogen (secondary N) is 3. The van der Waals surface area contributed by atoms with Gasteiger partial charge >= 0.3 is 48.0 Å². The van der Waals surface area contributed by atoms with Crippen molar-refractivity contribution in [2.75, 3.05) is 78.6 Å². The standard InChI is InChI=1S/C19H20N6O3.C14H16N4O4.C9H11NO2.C5H6ClN3O2.ClH/c1-27-18-23-17(24-19(25-18)28-2)21-11-12-7-9-13(10-8-12)16(26)22-15-6-4-3-5-14(15)20;1-20-11(19)10-6-4-9(5-7-10)8-15-12-16-13(21-2)18-14(17-12)22-3;1-12-9(11)8-4-2-7(6-10)3-5-8;1-10-4-7-3(6)8-5(9-4)11-2;/h3-10H,11,20H2,1-2H3,(H,22,26)(H,21,23,24,25);4-7H,8H2,1-3H3,(H,15,16,17,18);2-5H,6,10H2,1H3;1-2H3;1H. The third-order valence-corrected chi connectivity index (χ3v) is 9.33. The Morgan fingerprint density at radius 1 is 0.473 bits per heavy atom. The predicted octanol–water partition coefficient (Wildman–Crippen LogP) is 5.52. The van der Waals surface area contributed by atoms with Gasteiger partial charge in [0.15, 0.2) is 0 Å². The van der Waals surface area contributed by atoms with E-state index in [1.54, 1.807) is 48.5 Å². The third kappa shape index (κ3) is 19.3. The molecule has 392 valence electrons. The van der Waals surface area contributed by atoms with E-state index in [0.717, 1.165) is 16.7 Å². The molecule has 0 atom stereocenters. The summed E-state index contributed by atoms with van der Waals surface area (Å²) in [5, 5.41) is 8.95. The third-order valence-electron chi connectivity index (χ3n) is 9.16. The summed E-state index contributed by atoms with van der Waals surface area (Å²) < 4.78 is 38.6. The molecule has 7 aromatic rings. The van der Waals surface area contributed by atoms with Crippen LogP contribution < -0.4 is 55.8 Å². The van der Waals surface area contributed by atoms with Crippen molar-refractivity contribution >= 4 is 65.1 Å². The number of esters is 2. The predicted molar refractivity (Wildman–Crippen MR) is 274 cm³/mol. The van der Waals surface area contributed by atoms with Crippen LogP contribution in [0, 0.1) is 0 Å². The lowest BCUT2D eigenvalue weighted by molar-refractivity contribution is 0.0592. The number of carbonyl (C=O) groups is 3. The highest BCUT2D eigenvalue weighted by molar-refractivity contribution is 6.28. The van der Waals surface area contributed by atoms with Crippen LogP contribution in [0.2, 0.25) is 5.28 Å². The maximum atomic E-state index is 12.4. The van der Waals surface area contributed by atoms with E-state index >= 15 is 0 Å². The van der Waals surface area contributed by atoms with E-state index in [1.807, 2.05) is 48.5 Å². The zero-order chi connectivity index (χ0) is 53.1. The number of nitrogens with two attached hydrogens (primary N) is 2. The van der Waals surface area contributed by atoms with Gasteiger partial charge in [0, 0.05) is 25.2 Å². The van der Waals surface area contributed by atoms with E-state index in [-0.39, 0.29) is 71.6 Å². The van der Waals surface area contributed by atoms with Crippen LogP contribution in [-0.4, -0.2) is 120 Å². The van der Waals surface area contributed by atoms with Gasteiger partial charge in [0.1, 0.15) is 0 Å². The van der Waals surface area contributed by atoms with Crippen molar-refractivity contribution in [3.8, 4) is 36.1 Å². The summed E-state index contributed by atoms with van der Waals surface area (Å²) >= 11 is 5.49. The Labute approximate surface area is 436 Å². The quantitative estimate of drug-likeness (QED) is 0.0553. The Bertz CT molecular complexity index is 2790. The first-order chi connectivity index (χ1) is 35.3. The molecule has 7 rings (SSSR count). The Kier molecular flexibility index (Phi) is 25.2. The number of benzene rings is 4. The normalized spacial score (nSPS) is 9.76. The Balaban J connectivity index is 0.000000278. The Morgan fingerprint density at radius 2 is 0.811 bits per heavy atom. The molecular formula is C47H54Cl2N14O11. The average molecular weight is 1060 g/mol. The second kappa shape index (κ2) is 31.4. The van der Waals surface area contributed by atoms with E-state index < -0.39 is 0 Å². The van der Waals surface area contributed by atoms with Crippen LogP contribution in [0.4, 0.5) is 23.3 Å². The first-order valence-electron chi connectivity index (χ1n) is 21.2. The zero-order valence-electron chi connectivity index (χ0n) is 41.3. The molecular weight excluding hydrogens is 1010 g/mol. The maximum Gasteiger partial charge on any atom is 0.337 e. The number of aromatic nitrogens is 9. The van der Waals surface area contributed by atoms with Gasteiger partial charge in [-0.1, -0.05) is 48.5 Å². The largest absolute Gasteiger partial charge is 0.467 e. The summed E-state index contributed by atoms with van der Waals surface area (Å²) in [6, 6.07) is 29.2. The summed E-state index contributed by atoms with van der Waals surface area (Å²) in [5.74, 6) is -0.264. The van der Waals surface area contributed by atoms with Crippen molar-refractivity contribution in [3.63, 3.8) is 0 Å². The fourth-order valence-electron chi connectivity index (χ4n) is 5.41. The van der Waals surface area contributed by atoms with Gasteiger partial charge in [0.2, 0.25) is 17.2 Å². The van der Waals surface area contributed by atoms with Gasteiger partial charge in [-0.2, -0.15) is 29.9 Å². The minimum Gasteiger partial charge on any atom is -0.467 e. The fraction of sp³-hybridized carbons (Fsp3) is 0.234. The van der Waals surface area contributed by atoms with E-state index in [0.29, 0.717) is 59.6 Å². The molecule has 0 spiro atoms. The number of nitrogen functional groups attached to an aromatic ring is 1. The molecule has 0 aliphatic heterocycles. The molecule has 3 heterocycles. The molecule has 0 aliphatic rings. The van der Waals surface area contributed by atoms with Gasteiger partial charge in [0.05, 0.1) is 79.4 Å². The van der Waals surface area contributed by atoms with Gasteiger partial charge in [0.25, 0.3) is 5.91 Å². The van der Waals surface area contributed by atoms with Gasteiger partial charge < -0.3 is 65.3 Å². The number of ether oxygens (including phenoxy) is 8. The number of para-hydroxylation sites is 2. The molecule has 7 N–H and O–H groups in total. The van der Waals surface area contributed by atoms with Crippen molar-refractivity contribution in [1.29, 1.82) is 0 Å². The number of hydrogen-bond acceptors (Lipinski definition) is 24. The summed E-state index contributed by atoms with van der Waals surface area (Å²) in [6.07, 6.45) is 0. The number of halogens is 2. The van der Waals surface area contributed by atoms with Gasteiger partial charge in [-0.05, 0) is 76.8 Å². The fourth-order valence-corrected chi connectivity index (χ4v) is 5.55. The lowest BCUT2D eigenvalue weighted by Gasteiger charge is -2.09. The minimum absolute atomic E-state index is 0. The van der Waals surface area contributed by atoms with Crippen LogP contribution >= 0.6 is 24.0 Å². The smallest absolute Gasteiger partial charge is 0.337 e. The molecule has 4 aromatic carbocycles. The maximum absolute atomic E-state index is 12.4. The molecule has 0 aliphatic carbocycles. The molecule has 1 amide bonds. The number of carbonyl (C=O) groups excluding carboxylic acids is 3. The highest BCUT2D eigenvalue weighted by atomic mass is 35.5. The second-order valence-corrected chi connectivity index (χ2v) is 14.2. The van der Waals surface area contributed by atoms with Crippen LogP contribution in [0.3, 0.4) is 0 Å². The number of nitrogens with zero attached hydrogens (tertiary/aromatic N) is 9. The molecule has 0 saturated heterocycles. The summed E-state index contributed by atoms with van der Waals surface area (Å²) in [6.45, 7) is 1.41. The number of hydrogen-bond donors (Lipinski definition) is 5. The van der Waals surface area contributed by atoms with Crippen LogP contribution in [0.15, 0.2) is 97.1 Å². The minimum atomic E-state index is -0.369. The van der Waals surface area contributed by atoms with Crippen molar-refractivity contribution in [3.05, 3.63) is 136 Å². The first kappa shape index (κ1) is 59.4. The highest BCUT2D eigenvalue weighted by Gasteiger charge is 2.12. The van der Waals surface area contributed by atoms with Gasteiger partial charge in [-0.15, -0.1) is 27.4 Å². The van der Waals surface area contributed by atoms with Crippen LogP contribution in [0.25, 0.3) is 0 Å². The molecule has 0 unspecified atom stereocenters. The van der Waals surface area contributed by atoms with Gasteiger partial charge in [-0.25, -0.2) is 9.59 Å². The molecule has 0 fully saturated rings. The summed E-state index contributed by atoms with van der Waals surface area (Å²) in [4.78, 5) is 69.9. The lowest BCUT2D eigenvalue weighted by Crippen LogP contribution is -2.13. The SMILES string of the molecule is COC(=O)c1ccc(CN)cc1.COC(=O)c1ccc(CNc2nc(OC)nc(OC)n2)cc1.COc1nc(Cl)nc(OC)n1.COc1nc(NCc2ccc(C(=O)Nc3ccccc3N)cc2)nc(OC)n1.Cl. The molecule has 0 saturated carbocycles. The van der Waals surface area contributed by atoms with Crippen molar-refractivity contribution in [1.82, 2.24) is 44.9 Å². The molecule has 74 heavy (non-hydrogen) atoms. The Hall–Kier alpha value is -8.94. The van der Waals surface area contributed by atoms with Crippen molar-refractivity contribution in [2.24, 2.45) is 5.73 Å². The number of rotatable bonds is 17. The molecule has 3 aromatic heterocycles. The average Bonchev–Trinajstić information content (AvgIpc) is 3.44. The highest BCUT2D eigenvalue weighted by Crippen LogP contribution is 2.19. The molecule has 0 bridgehead atoms. The van der Waals surface area contributed by atoms with E-state index in [9.17, 15) is 14.4 Å². The lowest BCUT2D eigenvalue weighted by atomic mass is 10.1. The number of amides is 1. The van der Waals surface area contributed by atoms with Gasteiger partial charge in [-0.3, -0.25) is 4.79 Å². The van der Waals surface area contributed by atoms with Crippen LogP contribution in [0.1, 0.15) is 47.8 Å². The number of methoxy groups -OCH3 is 8. The van der Waals surface area contributed by atoms with Crippen molar-refractivity contribution in [2.45, 2.75) is 19.6 Å². The molecule has 0 radical (unpaired) electrons. The van der Waals surface area contributed by atoms with Crippen LogP contribution in [-0.2, 0) is 29.1 Å². The molecule has 27 heteroatoms. The summed E-state index contributed by atoms with van der Waals surface area (Å²) in [5.41, 5.74) is 16.8. The Morgan fingerprint density at radius 3 is 1.15 bits per heavy atom. The van der Waals surface area contributed by atoms with Crippen LogP contribution in [0.5, 0.6) is 36.1 Å². The number of anilines is 4. The van der Waals surface area contributed by atoms with E-state index in [2.05, 4.69) is 70.3 Å². The second-order valence-electron chi connectivity index (χ2n) is 13.9. The topological polar surface area (TPSA) is 329 Å². The monoisotopic (exact) mass is 1060 g/mol. The van der Waals surface area contributed by atoms with Crippen molar-refractivity contribution < 1.29 is 52.3 Å². The van der Waals surface area contributed by atoms with E-state index in [4.69, 9.17) is 51.5 Å². The zero-order valence-corrected chi connectivity index (χ0v) is 42.9.